The Kier molecular flexibility index (Phi) is 4.67. The Morgan fingerprint density at radius 3 is 2.73 bits per heavy atom. The average Bonchev–Trinajstić information content (AvgIpc) is 3.06. The van der Waals surface area contributed by atoms with Gasteiger partial charge in [-0.1, -0.05) is 29.6 Å². The van der Waals surface area contributed by atoms with Gasteiger partial charge >= 0.3 is 0 Å². The molecule has 0 bridgehead atoms. The van der Waals surface area contributed by atoms with Crippen LogP contribution in [0.5, 0.6) is 0 Å². The summed E-state index contributed by atoms with van der Waals surface area (Å²) in [5.41, 5.74) is 5.39. The molecule has 3 aromatic heterocycles. The van der Waals surface area contributed by atoms with Crippen molar-refractivity contribution >= 4 is 34.3 Å². The third-order valence-electron chi connectivity index (χ3n) is 6.72. The molecule has 0 N–H and O–H groups in total. The Morgan fingerprint density at radius 1 is 1.06 bits per heavy atom. The number of nitrogens with zero attached hydrogens (tertiary/aromatic N) is 6. The number of aromatic nitrogens is 4. The highest BCUT2D eigenvalue weighted by molar-refractivity contribution is 7.96. The van der Waals surface area contributed by atoms with Crippen LogP contribution in [0.3, 0.4) is 0 Å². The molecule has 8 heteroatoms. The summed E-state index contributed by atoms with van der Waals surface area (Å²) in [6, 6.07) is 10.3. The molecule has 1 amide bonds. The van der Waals surface area contributed by atoms with E-state index in [4.69, 9.17) is 4.98 Å². The summed E-state index contributed by atoms with van der Waals surface area (Å²) >= 11 is 1.68. The lowest BCUT2D eigenvalue weighted by molar-refractivity contribution is -0.126. The number of rotatable bonds is 4. The standard InChI is InChI=1S/C25H22N6OS/c1-16-3-4-19-18(9-16)10-27-21(23(19)17-5-8-28-29-11-17)13-31-22-12-26-7-6-20(22)25(24(31)32)14-30(15-25)33-2/h3-12H,13-15H2,1-2H3. The first-order valence-corrected chi connectivity index (χ1v) is 12.0. The van der Waals surface area contributed by atoms with Crippen molar-refractivity contribution in [3.8, 4) is 11.1 Å². The first-order valence-electron chi connectivity index (χ1n) is 10.8. The van der Waals surface area contributed by atoms with Crippen LogP contribution in [0.2, 0.25) is 0 Å². The highest BCUT2D eigenvalue weighted by Gasteiger charge is 2.58. The smallest absolute Gasteiger partial charge is 0.240 e. The molecule has 1 saturated heterocycles. The molecule has 5 heterocycles. The summed E-state index contributed by atoms with van der Waals surface area (Å²) < 4.78 is 2.22. The van der Waals surface area contributed by atoms with Crippen molar-refractivity contribution in [2.24, 2.45) is 0 Å². The second-order valence-corrected chi connectivity index (χ2v) is 9.53. The van der Waals surface area contributed by atoms with E-state index in [-0.39, 0.29) is 5.91 Å². The van der Waals surface area contributed by atoms with Gasteiger partial charge in [0.05, 0.1) is 36.5 Å². The van der Waals surface area contributed by atoms with Crippen LogP contribution in [0.25, 0.3) is 21.9 Å². The monoisotopic (exact) mass is 454 g/mol. The number of benzene rings is 1. The Balaban J connectivity index is 1.48. The van der Waals surface area contributed by atoms with E-state index >= 15 is 0 Å². The normalized spacial score (nSPS) is 16.9. The lowest BCUT2D eigenvalue weighted by Crippen LogP contribution is -2.61. The van der Waals surface area contributed by atoms with Crippen LogP contribution in [0.4, 0.5) is 5.69 Å². The third-order valence-corrected chi connectivity index (χ3v) is 7.49. The zero-order valence-corrected chi connectivity index (χ0v) is 19.2. The Labute approximate surface area is 196 Å². The molecular formula is C25H22N6OS. The van der Waals surface area contributed by atoms with Crippen molar-refractivity contribution < 1.29 is 4.79 Å². The minimum absolute atomic E-state index is 0.125. The van der Waals surface area contributed by atoms with Gasteiger partial charge in [0.15, 0.2) is 0 Å². The maximum Gasteiger partial charge on any atom is 0.240 e. The number of aryl methyl sites for hydroxylation is 1. The van der Waals surface area contributed by atoms with E-state index < -0.39 is 5.41 Å². The van der Waals surface area contributed by atoms with Crippen LogP contribution in [0, 0.1) is 6.92 Å². The maximum absolute atomic E-state index is 13.8. The predicted molar refractivity (Wildman–Crippen MR) is 130 cm³/mol. The van der Waals surface area contributed by atoms with Gasteiger partial charge in [0, 0.05) is 42.0 Å². The summed E-state index contributed by atoms with van der Waals surface area (Å²) in [4.78, 5) is 24.8. The number of pyridine rings is 2. The number of anilines is 1. The van der Waals surface area contributed by atoms with Crippen molar-refractivity contribution in [3.05, 3.63) is 78.1 Å². The van der Waals surface area contributed by atoms with Gasteiger partial charge in [-0.05, 0) is 42.3 Å². The first-order chi connectivity index (χ1) is 16.1. The van der Waals surface area contributed by atoms with Crippen LogP contribution < -0.4 is 4.90 Å². The molecule has 2 aliphatic heterocycles. The molecule has 0 radical (unpaired) electrons. The van der Waals surface area contributed by atoms with Crippen molar-refractivity contribution in [2.75, 3.05) is 24.2 Å². The van der Waals surface area contributed by atoms with E-state index in [1.165, 1.54) is 5.56 Å². The Bertz CT molecular complexity index is 1390. The van der Waals surface area contributed by atoms with E-state index in [1.807, 2.05) is 35.7 Å². The summed E-state index contributed by atoms with van der Waals surface area (Å²) in [6.07, 6.45) is 11.0. The molecule has 1 aromatic carbocycles. The van der Waals surface area contributed by atoms with Crippen molar-refractivity contribution in [3.63, 3.8) is 0 Å². The fraction of sp³-hybridized carbons (Fsp3) is 0.240. The van der Waals surface area contributed by atoms with Gasteiger partial charge in [0.2, 0.25) is 5.91 Å². The Hall–Kier alpha value is -3.36. The van der Waals surface area contributed by atoms with E-state index in [2.05, 4.69) is 44.6 Å². The molecule has 164 valence electrons. The molecule has 0 unspecified atom stereocenters. The van der Waals surface area contributed by atoms with Crippen LogP contribution in [0.1, 0.15) is 16.8 Å². The fourth-order valence-corrected chi connectivity index (χ4v) is 5.75. The topological polar surface area (TPSA) is 75.1 Å². The zero-order valence-electron chi connectivity index (χ0n) is 18.4. The molecule has 0 atom stereocenters. The lowest BCUT2D eigenvalue weighted by Gasteiger charge is -2.45. The van der Waals surface area contributed by atoms with Crippen LogP contribution in [-0.2, 0) is 16.8 Å². The quantitative estimate of drug-likeness (QED) is 0.435. The van der Waals surface area contributed by atoms with E-state index in [0.717, 1.165) is 38.8 Å². The van der Waals surface area contributed by atoms with Gasteiger partial charge in [-0.15, -0.1) is 0 Å². The summed E-state index contributed by atoms with van der Waals surface area (Å²) in [7, 11) is 0. The maximum atomic E-state index is 13.8. The number of amides is 1. The number of carbonyl (C=O) groups is 1. The number of hydrogen-bond donors (Lipinski definition) is 0. The second kappa shape index (κ2) is 7.60. The van der Waals surface area contributed by atoms with Crippen molar-refractivity contribution in [2.45, 2.75) is 18.9 Å². The third kappa shape index (κ3) is 3.05. The molecular weight excluding hydrogens is 432 g/mol. The minimum Gasteiger partial charge on any atom is -0.304 e. The van der Waals surface area contributed by atoms with Gasteiger partial charge < -0.3 is 4.90 Å². The molecule has 1 fully saturated rings. The van der Waals surface area contributed by atoms with Crippen molar-refractivity contribution in [1.29, 1.82) is 0 Å². The van der Waals surface area contributed by atoms with Gasteiger partial charge in [-0.2, -0.15) is 10.2 Å². The summed E-state index contributed by atoms with van der Waals surface area (Å²) in [5, 5.41) is 10.2. The summed E-state index contributed by atoms with van der Waals surface area (Å²) in [5.74, 6) is 0.125. The lowest BCUT2D eigenvalue weighted by atomic mass is 9.76. The molecule has 2 aliphatic rings. The molecule has 6 rings (SSSR count). The molecule has 7 nitrogen and oxygen atoms in total. The van der Waals surface area contributed by atoms with Crippen LogP contribution in [0.15, 0.2) is 61.3 Å². The highest BCUT2D eigenvalue weighted by Crippen LogP contribution is 2.49. The van der Waals surface area contributed by atoms with Crippen LogP contribution in [-0.4, -0.2) is 49.7 Å². The van der Waals surface area contributed by atoms with E-state index in [0.29, 0.717) is 19.6 Å². The van der Waals surface area contributed by atoms with Gasteiger partial charge in [-0.25, -0.2) is 4.31 Å². The molecule has 1 spiro atoms. The van der Waals surface area contributed by atoms with E-state index in [9.17, 15) is 4.79 Å². The molecule has 33 heavy (non-hydrogen) atoms. The SMILES string of the molecule is CSN1CC2(C1)C(=O)N(Cc1ncc3cc(C)ccc3c1-c1ccnnc1)c1cnccc12. The predicted octanol–water partition coefficient (Wildman–Crippen LogP) is 3.77. The number of fused-ring (bicyclic) bond motifs is 3. The largest absolute Gasteiger partial charge is 0.304 e. The van der Waals surface area contributed by atoms with E-state index in [1.54, 1.807) is 30.5 Å². The van der Waals surface area contributed by atoms with Gasteiger partial charge in [0.25, 0.3) is 0 Å². The fourth-order valence-electron chi connectivity index (χ4n) is 5.05. The number of hydrogen-bond acceptors (Lipinski definition) is 7. The first kappa shape index (κ1) is 20.3. The molecule has 0 aliphatic carbocycles. The Morgan fingerprint density at radius 2 is 1.94 bits per heavy atom. The van der Waals surface area contributed by atoms with Crippen LogP contribution >= 0.6 is 11.9 Å². The second-order valence-electron chi connectivity index (χ2n) is 8.65. The zero-order chi connectivity index (χ0) is 22.6. The molecule has 4 aromatic rings. The van der Waals surface area contributed by atoms with Gasteiger partial charge in [-0.3, -0.25) is 14.8 Å². The molecule has 0 saturated carbocycles. The van der Waals surface area contributed by atoms with Gasteiger partial charge in [0.1, 0.15) is 5.41 Å². The minimum atomic E-state index is -0.492. The van der Waals surface area contributed by atoms with Crippen molar-refractivity contribution in [1.82, 2.24) is 24.5 Å². The number of carbonyl (C=O) groups excluding carboxylic acids is 1. The average molecular weight is 455 g/mol. The highest BCUT2D eigenvalue weighted by atomic mass is 32.2. The summed E-state index contributed by atoms with van der Waals surface area (Å²) in [6.45, 7) is 3.88.